The third kappa shape index (κ3) is 1.93. The summed E-state index contributed by atoms with van der Waals surface area (Å²) in [6.45, 7) is 10.00. The molecule has 1 saturated heterocycles. The number of hydrogen-bond donors (Lipinski definition) is 2. The third-order valence-corrected chi connectivity index (χ3v) is 4.41. The van der Waals surface area contributed by atoms with E-state index in [2.05, 4.69) is 4.98 Å². The molecule has 0 spiro atoms. The molecule has 0 unspecified atom stereocenters. The molecule has 0 aliphatic carbocycles. The van der Waals surface area contributed by atoms with Crippen LogP contribution in [-0.4, -0.2) is 28.4 Å². The largest absolute Gasteiger partial charge is 0.508 e. The molecule has 1 aliphatic rings. The number of aryl methyl sites for hydroxylation is 1. The average molecular weight is 273 g/mol. The molecular weight excluding hydrogens is 253 g/mol. The predicted molar refractivity (Wildman–Crippen MR) is 80.4 cm³/mol. The standard InChI is InChI=1S/C15H20BNO3/c1-9-6-10-7-13(18)11(8-12(10)17-9)16-19-14(2,3)15(4,5)20-16/h6-8,17-18H,1-5H3. The fourth-order valence-electron chi connectivity index (χ4n) is 2.49. The van der Waals surface area contributed by atoms with Crippen LogP contribution >= 0.6 is 0 Å². The van der Waals surface area contributed by atoms with Gasteiger partial charge in [0.1, 0.15) is 5.75 Å². The molecule has 0 atom stereocenters. The Labute approximate surface area is 119 Å². The fraction of sp³-hybridized carbons (Fsp3) is 0.467. The maximum atomic E-state index is 10.2. The van der Waals surface area contributed by atoms with Crippen molar-refractivity contribution in [2.75, 3.05) is 0 Å². The topological polar surface area (TPSA) is 54.5 Å². The van der Waals surface area contributed by atoms with Gasteiger partial charge in [0, 0.05) is 22.1 Å². The van der Waals surface area contributed by atoms with Gasteiger partial charge < -0.3 is 19.4 Å². The van der Waals surface area contributed by atoms with Gasteiger partial charge in [-0.15, -0.1) is 0 Å². The summed E-state index contributed by atoms with van der Waals surface area (Å²) in [5.41, 5.74) is 1.88. The average Bonchev–Trinajstić information content (AvgIpc) is 2.74. The lowest BCUT2D eigenvalue weighted by atomic mass is 9.78. The van der Waals surface area contributed by atoms with E-state index in [4.69, 9.17) is 9.31 Å². The second-order valence-electron chi connectivity index (χ2n) is 6.54. The number of aromatic hydroxyl groups is 1. The fourth-order valence-corrected chi connectivity index (χ4v) is 2.49. The van der Waals surface area contributed by atoms with E-state index in [0.717, 1.165) is 16.6 Å². The van der Waals surface area contributed by atoms with E-state index in [1.54, 1.807) is 6.07 Å². The van der Waals surface area contributed by atoms with Crippen LogP contribution in [0.25, 0.3) is 10.9 Å². The summed E-state index contributed by atoms with van der Waals surface area (Å²) >= 11 is 0. The van der Waals surface area contributed by atoms with Gasteiger partial charge in [-0.05, 0) is 52.8 Å². The Morgan fingerprint density at radius 1 is 1.05 bits per heavy atom. The lowest BCUT2D eigenvalue weighted by molar-refractivity contribution is 0.00578. The van der Waals surface area contributed by atoms with Crippen molar-refractivity contribution in [1.29, 1.82) is 0 Å². The lowest BCUT2D eigenvalue weighted by Crippen LogP contribution is -2.41. The van der Waals surface area contributed by atoms with Crippen molar-refractivity contribution in [3.63, 3.8) is 0 Å². The van der Waals surface area contributed by atoms with Gasteiger partial charge in [-0.25, -0.2) is 0 Å². The molecule has 1 aromatic carbocycles. The van der Waals surface area contributed by atoms with E-state index in [1.807, 2.05) is 46.8 Å². The van der Waals surface area contributed by atoms with Gasteiger partial charge >= 0.3 is 7.12 Å². The minimum atomic E-state index is -0.548. The van der Waals surface area contributed by atoms with Crippen molar-refractivity contribution < 1.29 is 14.4 Å². The Balaban J connectivity index is 2.05. The molecule has 1 aliphatic heterocycles. The number of aromatic amines is 1. The van der Waals surface area contributed by atoms with E-state index in [-0.39, 0.29) is 5.75 Å². The van der Waals surface area contributed by atoms with Crippen molar-refractivity contribution in [2.24, 2.45) is 0 Å². The van der Waals surface area contributed by atoms with Gasteiger partial charge in [0.05, 0.1) is 11.2 Å². The van der Waals surface area contributed by atoms with Crippen LogP contribution in [0, 0.1) is 6.92 Å². The van der Waals surface area contributed by atoms with Gasteiger partial charge in [-0.2, -0.15) is 0 Å². The number of benzene rings is 1. The number of hydrogen-bond acceptors (Lipinski definition) is 3. The number of phenols is 1. The van der Waals surface area contributed by atoms with Crippen LogP contribution in [0.4, 0.5) is 0 Å². The van der Waals surface area contributed by atoms with Crippen molar-refractivity contribution >= 4 is 23.5 Å². The first-order chi connectivity index (χ1) is 9.19. The number of aromatic nitrogens is 1. The summed E-state index contributed by atoms with van der Waals surface area (Å²) in [4.78, 5) is 3.27. The molecule has 5 heteroatoms. The molecule has 1 fully saturated rings. The van der Waals surface area contributed by atoms with Gasteiger partial charge in [-0.3, -0.25) is 0 Å². The summed E-state index contributed by atoms with van der Waals surface area (Å²) in [5.74, 6) is 0.204. The smallest absolute Gasteiger partial charge is 0.498 e. The Morgan fingerprint density at radius 2 is 1.65 bits per heavy atom. The quantitative estimate of drug-likeness (QED) is 0.785. The molecule has 20 heavy (non-hydrogen) atoms. The highest BCUT2D eigenvalue weighted by molar-refractivity contribution is 6.63. The van der Waals surface area contributed by atoms with Crippen LogP contribution in [0.2, 0.25) is 0 Å². The first-order valence-corrected chi connectivity index (χ1v) is 6.87. The van der Waals surface area contributed by atoms with E-state index in [1.165, 1.54) is 0 Å². The molecule has 0 saturated carbocycles. The molecule has 2 heterocycles. The van der Waals surface area contributed by atoms with Crippen molar-refractivity contribution in [3.05, 3.63) is 23.9 Å². The highest BCUT2D eigenvalue weighted by atomic mass is 16.7. The maximum absolute atomic E-state index is 10.2. The highest BCUT2D eigenvalue weighted by Crippen LogP contribution is 2.37. The molecule has 3 rings (SSSR count). The number of nitrogens with one attached hydrogen (secondary N) is 1. The van der Waals surface area contributed by atoms with Gasteiger partial charge in [-0.1, -0.05) is 0 Å². The molecule has 0 amide bonds. The van der Waals surface area contributed by atoms with Gasteiger partial charge in [0.15, 0.2) is 0 Å². The summed E-state index contributed by atoms with van der Waals surface area (Å²) in [5, 5.41) is 11.2. The van der Waals surface area contributed by atoms with Crippen molar-refractivity contribution in [3.8, 4) is 5.75 Å². The number of fused-ring (bicyclic) bond motifs is 1. The monoisotopic (exact) mass is 273 g/mol. The SMILES string of the molecule is Cc1cc2cc(O)c(B3OC(C)(C)C(C)(C)O3)cc2[nH]1. The van der Waals surface area contributed by atoms with Gasteiger partial charge in [0.2, 0.25) is 0 Å². The van der Waals surface area contributed by atoms with E-state index in [0.29, 0.717) is 5.46 Å². The van der Waals surface area contributed by atoms with Crippen LogP contribution < -0.4 is 5.46 Å². The molecule has 0 bridgehead atoms. The van der Waals surface area contributed by atoms with Crippen LogP contribution in [0.15, 0.2) is 18.2 Å². The summed E-state index contributed by atoms with van der Waals surface area (Å²) in [6.07, 6.45) is 0. The number of H-pyrrole nitrogens is 1. The lowest BCUT2D eigenvalue weighted by Gasteiger charge is -2.32. The predicted octanol–water partition coefficient (Wildman–Crippen LogP) is 2.48. The van der Waals surface area contributed by atoms with Crippen molar-refractivity contribution in [1.82, 2.24) is 4.98 Å². The van der Waals surface area contributed by atoms with E-state index in [9.17, 15) is 5.11 Å². The van der Waals surface area contributed by atoms with E-state index < -0.39 is 18.3 Å². The van der Waals surface area contributed by atoms with Gasteiger partial charge in [0.25, 0.3) is 0 Å². The second kappa shape index (κ2) is 4.02. The minimum absolute atomic E-state index is 0.204. The second-order valence-corrected chi connectivity index (χ2v) is 6.54. The highest BCUT2D eigenvalue weighted by Gasteiger charge is 2.52. The van der Waals surface area contributed by atoms with Crippen LogP contribution in [0.5, 0.6) is 5.75 Å². The first kappa shape index (κ1) is 13.5. The zero-order chi connectivity index (χ0) is 14.7. The van der Waals surface area contributed by atoms with Crippen molar-refractivity contribution in [2.45, 2.75) is 45.8 Å². The summed E-state index contributed by atoms with van der Waals surface area (Å²) in [6, 6.07) is 5.65. The molecule has 1 aromatic heterocycles. The number of phenolic OH excluding ortho intramolecular Hbond substituents is 1. The Bertz CT molecular complexity index is 659. The molecule has 2 N–H and O–H groups in total. The molecule has 4 nitrogen and oxygen atoms in total. The van der Waals surface area contributed by atoms with E-state index >= 15 is 0 Å². The van der Waals surface area contributed by atoms with Crippen LogP contribution in [0.3, 0.4) is 0 Å². The normalized spacial score (nSPS) is 20.8. The summed E-state index contributed by atoms with van der Waals surface area (Å²) in [7, 11) is -0.548. The minimum Gasteiger partial charge on any atom is -0.508 e. The first-order valence-electron chi connectivity index (χ1n) is 6.87. The Hall–Kier alpha value is -1.46. The maximum Gasteiger partial charge on any atom is 0.498 e. The molecule has 106 valence electrons. The number of rotatable bonds is 1. The third-order valence-electron chi connectivity index (χ3n) is 4.41. The van der Waals surface area contributed by atoms with Crippen LogP contribution in [0.1, 0.15) is 33.4 Å². The molecule has 2 aromatic rings. The zero-order valence-electron chi connectivity index (χ0n) is 12.6. The molecular formula is C15H20BNO3. The Morgan fingerprint density at radius 3 is 2.25 bits per heavy atom. The Kier molecular flexibility index (Phi) is 2.72. The summed E-state index contributed by atoms with van der Waals surface area (Å²) < 4.78 is 12.0. The van der Waals surface area contributed by atoms with Crippen LogP contribution in [-0.2, 0) is 9.31 Å². The zero-order valence-corrected chi connectivity index (χ0v) is 12.6. The molecule has 0 radical (unpaired) electrons.